The number of fused-ring (bicyclic) bond motifs is 3. The van der Waals surface area contributed by atoms with Crippen molar-refractivity contribution < 1.29 is 43.9 Å². The maximum absolute atomic E-state index is 13.5. The Morgan fingerprint density at radius 1 is 1.00 bits per heavy atom. The Morgan fingerprint density at radius 3 is 2.21 bits per heavy atom. The quantitative estimate of drug-likeness (QED) is 0.246. The topological polar surface area (TPSA) is 166 Å². The number of Topliss-reactive ketones (excluding diaryl/α,β-unsaturated/α-hetero) is 1. The molecule has 1 saturated heterocycles. The second-order valence-corrected chi connectivity index (χ2v) is 11.6. The fraction of sp³-hybridized carbons (Fsp3) is 0.364. The first-order valence-electron chi connectivity index (χ1n) is 14.2. The van der Waals surface area contributed by atoms with E-state index in [9.17, 15) is 29.7 Å². The van der Waals surface area contributed by atoms with Crippen LogP contribution in [0.25, 0.3) is 0 Å². The predicted molar refractivity (Wildman–Crippen MR) is 153 cm³/mol. The van der Waals surface area contributed by atoms with Gasteiger partial charge in [-0.05, 0) is 19.4 Å². The molecule has 10 nitrogen and oxygen atoms in total. The minimum Gasteiger partial charge on any atom is -0.507 e. The van der Waals surface area contributed by atoms with Gasteiger partial charge in [-0.25, -0.2) is 0 Å². The van der Waals surface area contributed by atoms with E-state index < -0.39 is 65.1 Å². The van der Waals surface area contributed by atoms with E-state index in [1.165, 1.54) is 19.1 Å². The van der Waals surface area contributed by atoms with Crippen LogP contribution in [-0.4, -0.2) is 62.8 Å². The average molecular weight is 588 g/mol. The molecule has 1 fully saturated rings. The molecule has 6 atom stereocenters. The molecule has 5 N–H and O–H groups in total. The highest BCUT2D eigenvalue weighted by atomic mass is 16.7. The molecule has 0 spiro atoms. The van der Waals surface area contributed by atoms with Crippen LogP contribution in [0.15, 0.2) is 54.6 Å². The molecule has 224 valence electrons. The first-order chi connectivity index (χ1) is 20.5. The van der Waals surface area contributed by atoms with Gasteiger partial charge in [0.2, 0.25) is 0 Å². The SMILES string of the molecule is CC(=O)[C@]1(O)Cc2c(O)c3c(c(O)c2[C@H](OC2CC(N)C(OCc4ccccc4)C(C)O2)C1)C(=O)c1ccccc1C3=O. The smallest absolute Gasteiger partial charge is 0.198 e. The van der Waals surface area contributed by atoms with Crippen molar-refractivity contribution >= 4 is 17.3 Å². The van der Waals surface area contributed by atoms with Crippen molar-refractivity contribution in [1.29, 1.82) is 0 Å². The van der Waals surface area contributed by atoms with Crippen LogP contribution in [-0.2, 0) is 32.0 Å². The maximum Gasteiger partial charge on any atom is 0.198 e. The highest BCUT2D eigenvalue weighted by Gasteiger charge is 2.49. The molecule has 6 rings (SSSR count). The lowest BCUT2D eigenvalue weighted by molar-refractivity contribution is -0.254. The zero-order valence-corrected chi connectivity index (χ0v) is 23.8. The molecule has 1 heterocycles. The third-order valence-electron chi connectivity index (χ3n) is 8.75. The molecule has 0 amide bonds. The fourth-order valence-corrected chi connectivity index (χ4v) is 6.44. The Kier molecular flexibility index (Phi) is 7.44. The minimum atomic E-state index is -1.97. The second-order valence-electron chi connectivity index (χ2n) is 11.6. The zero-order valence-electron chi connectivity index (χ0n) is 23.8. The molecule has 0 aromatic heterocycles. The summed E-state index contributed by atoms with van der Waals surface area (Å²) in [4.78, 5) is 39.6. The summed E-state index contributed by atoms with van der Waals surface area (Å²) >= 11 is 0. The first-order valence-corrected chi connectivity index (χ1v) is 14.2. The summed E-state index contributed by atoms with van der Waals surface area (Å²) in [6, 6.07) is 15.3. The van der Waals surface area contributed by atoms with Gasteiger partial charge in [0.25, 0.3) is 0 Å². The Bertz CT molecular complexity index is 1610. The summed E-state index contributed by atoms with van der Waals surface area (Å²) in [7, 11) is 0. The largest absolute Gasteiger partial charge is 0.507 e. The van der Waals surface area contributed by atoms with Crippen molar-refractivity contribution in [2.45, 2.75) is 76.0 Å². The summed E-state index contributed by atoms with van der Waals surface area (Å²) in [5.41, 5.74) is 4.96. The minimum absolute atomic E-state index is 0.0231. The monoisotopic (exact) mass is 587 g/mol. The molecule has 0 saturated carbocycles. The van der Waals surface area contributed by atoms with Gasteiger partial charge in [-0.15, -0.1) is 0 Å². The van der Waals surface area contributed by atoms with Gasteiger partial charge in [-0.2, -0.15) is 0 Å². The molecule has 3 aromatic rings. The van der Waals surface area contributed by atoms with Gasteiger partial charge in [0.15, 0.2) is 23.6 Å². The lowest BCUT2D eigenvalue weighted by Crippen LogP contribution is -2.53. The normalized spacial score (nSPS) is 28.1. The van der Waals surface area contributed by atoms with E-state index in [2.05, 4.69) is 0 Å². The van der Waals surface area contributed by atoms with E-state index in [4.69, 9.17) is 19.9 Å². The Labute approximate surface area is 248 Å². The molecule has 2 aliphatic carbocycles. The molecular formula is C33H33NO9. The summed E-state index contributed by atoms with van der Waals surface area (Å²) in [6.45, 7) is 3.35. The number of hydrogen-bond donors (Lipinski definition) is 4. The Morgan fingerprint density at radius 2 is 1.60 bits per heavy atom. The summed E-state index contributed by atoms with van der Waals surface area (Å²) in [5.74, 6) is -2.97. The van der Waals surface area contributed by atoms with Gasteiger partial charge in [-0.3, -0.25) is 14.4 Å². The standard InChI is InChI=1S/C33H33NO9/c1-16-32(41-15-18-8-4-3-5-9-18)22(34)12-24(42-16)43-23-14-33(40,17(2)35)13-21-25(23)31(39)27-26(30(21)38)28(36)19-10-6-7-11-20(19)29(27)37/h3-11,16,22-24,32,38-40H,12-15,34H2,1-2H3/t16?,22?,23-,24?,32?,33+/m1/s1. The van der Waals surface area contributed by atoms with Crippen molar-refractivity contribution in [3.63, 3.8) is 0 Å². The van der Waals surface area contributed by atoms with E-state index in [1.54, 1.807) is 19.1 Å². The second kappa shape index (κ2) is 11.0. The number of phenols is 2. The average Bonchev–Trinajstić information content (AvgIpc) is 2.97. The van der Waals surface area contributed by atoms with Crippen LogP contribution in [0.1, 0.15) is 81.3 Å². The summed E-state index contributed by atoms with van der Waals surface area (Å²) < 4.78 is 18.5. The molecule has 0 radical (unpaired) electrons. The number of hydrogen-bond acceptors (Lipinski definition) is 10. The number of phenolic OH excluding ortho intramolecular Hbond substituents is 2. The zero-order chi connectivity index (χ0) is 30.6. The number of nitrogens with two attached hydrogens (primary N) is 1. The van der Waals surface area contributed by atoms with E-state index in [0.29, 0.717) is 6.61 Å². The highest BCUT2D eigenvalue weighted by Crippen LogP contribution is 2.52. The van der Waals surface area contributed by atoms with Crippen molar-refractivity contribution in [2.75, 3.05) is 0 Å². The molecular weight excluding hydrogens is 554 g/mol. The van der Waals surface area contributed by atoms with Crippen molar-refractivity contribution in [1.82, 2.24) is 0 Å². The first kappa shape index (κ1) is 29.2. The van der Waals surface area contributed by atoms with Crippen molar-refractivity contribution in [2.24, 2.45) is 5.73 Å². The number of ketones is 3. The number of benzene rings is 3. The van der Waals surface area contributed by atoms with Crippen molar-refractivity contribution in [3.8, 4) is 11.5 Å². The molecule has 10 heteroatoms. The molecule has 0 bridgehead atoms. The van der Waals surface area contributed by atoms with Gasteiger partial charge >= 0.3 is 0 Å². The fourth-order valence-electron chi connectivity index (χ4n) is 6.44. The third kappa shape index (κ3) is 4.95. The molecule has 4 unspecified atom stereocenters. The molecule has 43 heavy (non-hydrogen) atoms. The maximum atomic E-state index is 13.5. The van der Waals surface area contributed by atoms with Gasteiger partial charge in [0.05, 0.1) is 36.0 Å². The van der Waals surface area contributed by atoms with Crippen LogP contribution >= 0.6 is 0 Å². The van der Waals surface area contributed by atoms with Gasteiger partial charge in [0.1, 0.15) is 17.1 Å². The molecule has 3 aliphatic rings. The number of aliphatic hydroxyl groups is 1. The van der Waals surface area contributed by atoms with E-state index in [1.807, 2.05) is 30.3 Å². The number of carbonyl (C=O) groups is 3. The number of rotatable bonds is 6. The van der Waals surface area contributed by atoms with Crippen LogP contribution in [0.3, 0.4) is 0 Å². The van der Waals surface area contributed by atoms with Crippen LogP contribution in [0.5, 0.6) is 11.5 Å². The molecule has 3 aromatic carbocycles. The number of aromatic hydroxyl groups is 2. The summed E-state index contributed by atoms with van der Waals surface area (Å²) in [6.07, 6.45) is -3.52. The predicted octanol–water partition coefficient (Wildman–Crippen LogP) is 3.24. The van der Waals surface area contributed by atoms with Crippen LogP contribution < -0.4 is 5.73 Å². The van der Waals surface area contributed by atoms with Crippen LogP contribution in [0, 0.1) is 0 Å². The Hall–Kier alpha value is -3.93. The van der Waals surface area contributed by atoms with Crippen LogP contribution in [0.4, 0.5) is 0 Å². The van der Waals surface area contributed by atoms with E-state index in [-0.39, 0.29) is 52.6 Å². The van der Waals surface area contributed by atoms with Gasteiger partial charge in [0, 0.05) is 47.6 Å². The van der Waals surface area contributed by atoms with E-state index in [0.717, 1.165) is 5.56 Å². The van der Waals surface area contributed by atoms with Crippen molar-refractivity contribution in [3.05, 3.63) is 93.5 Å². The summed E-state index contributed by atoms with van der Waals surface area (Å²) in [5, 5.41) is 34.3. The Balaban J connectivity index is 1.33. The van der Waals surface area contributed by atoms with Gasteiger partial charge in [-0.1, -0.05) is 54.6 Å². The lowest BCUT2D eigenvalue weighted by atomic mass is 9.72. The van der Waals surface area contributed by atoms with Gasteiger partial charge < -0.3 is 35.3 Å². The van der Waals surface area contributed by atoms with Crippen LogP contribution in [0.2, 0.25) is 0 Å². The highest BCUT2D eigenvalue weighted by molar-refractivity contribution is 6.30. The lowest BCUT2D eigenvalue weighted by Gasteiger charge is -2.43. The number of ether oxygens (including phenoxy) is 3. The molecule has 1 aliphatic heterocycles. The third-order valence-corrected chi connectivity index (χ3v) is 8.75. The van der Waals surface area contributed by atoms with E-state index >= 15 is 0 Å². The number of carbonyl (C=O) groups excluding carboxylic acids is 3.